The van der Waals surface area contributed by atoms with Crippen LogP contribution in [0.15, 0.2) is 50.9 Å². The lowest BCUT2D eigenvalue weighted by molar-refractivity contribution is 0.251. The number of amides is 2. The first-order valence-electron chi connectivity index (χ1n) is 6.01. The van der Waals surface area contributed by atoms with Gasteiger partial charge in [-0.1, -0.05) is 0 Å². The van der Waals surface area contributed by atoms with E-state index in [9.17, 15) is 4.79 Å². The Bertz CT molecular complexity index is 672. The molecule has 102 valence electrons. The van der Waals surface area contributed by atoms with Crippen molar-refractivity contribution in [3.05, 3.63) is 52.2 Å². The number of furan rings is 1. The molecule has 2 N–H and O–H groups in total. The van der Waals surface area contributed by atoms with Crippen LogP contribution in [-0.2, 0) is 6.54 Å². The van der Waals surface area contributed by atoms with E-state index in [1.165, 1.54) is 11.3 Å². The van der Waals surface area contributed by atoms with Crippen molar-refractivity contribution in [3.8, 4) is 11.3 Å². The normalized spacial score (nSPS) is 10.4. The molecular weight excluding hydrogens is 292 g/mol. The smallest absolute Gasteiger partial charge is 0.320 e. The minimum Gasteiger partial charge on any atom is -0.459 e. The summed E-state index contributed by atoms with van der Waals surface area (Å²) in [4.78, 5) is 11.7. The van der Waals surface area contributed by atoms with E-state index in [-0.39, 0.29) is 6.03 Å². The van der Waals surface area contributed by atoms with Gasteiger partial charge < -0.3 is 9.73 Å². The summed E-state index contributed by atoms with van der Waals surface area (Å²) in [6.45, 7) is 0.362. The van der Waals surface area contributed by atoms with E-state index in [1.54, 1.807) is 11.3 Å². The van der Waals surface area contributed by atoms with Crippen molar-refractivity contribution in [1.29, 1.82) is 0 Å². The fraction of sp³-hybridized carbons (Fsp3) is 0.0714. The second-order valence-electron chi connectivity index (χ2n) is 4.06. The second kappa shape index (κ2) is 5.94. The summed E-state index contributed by atoms with van der Waals surface area (Å²) >= 11 is 3.11. The number of hydrogen-bond donors (Lipinski definition) is 2. The van der Waals surface area contributed by atoms with Gasteiger partial charge in [0.15, 0.2) is 0 Å². The van der Waals surface area contributed by atoms with Crippen molar-refractivity contribution in [2.75, 3.05) is 5.32 Å². The second-order valence-corrected chi connectivity index (χ2v) is 5.79. The van der Waals surface area contributed by atoms with Gasteiger partial charge >= 0.3 is 6.03 Å². The maximum atomic E-state index is 11.7. The molecule has 0 saturated heterocycles. The number of rotatable bonds is 4. The van der Waals surface area contributed by atoms with Gasteiger partial charge in [0.2, 0.25) is 0 Å². The fourth-order valence-electron chi connectivity index (χ4n) is 1.71. The number of anilines is 1. The summed E-state index contributed by atoms with van der Waals surface area (Å²) in [5.74, 6) is 1.55. The van der Waals surface area contributed by atoms with Crippen molar-refractivity contribution in [1.82, 2.24) is 5.32 Å². The van der Waals surface area contributed by atoms with Crippen LogP contribution < -0.4 is 10.6 Å². The molecule has 3 aromatic heterocycles. The Morgan fingerprint density at radius 1 is 1.20 bits per heavy atom. The van der Waals surface area contributed by atoms with E-state index in [0.29, 0.717) is 6.54 Å². The number of carbonyl (C=O) groups excluding carboxylic acids is 1. The van der Waals surface area contributed by atoms with Gasteiger partial charge in [0.25, 0.3) is 0 Å². The van der Waals surface area contributed by atoms with Crippen LogP contribution in [0.1, 0.15) is 5.76 Å². The number of hydrogen-bond acceptors (Lipinski definition) is 4. The summed E-state index contributed by atoms with van der Waals surface area (Å²) in [5, 5.41) is 12.3. The molecule has 0 saturated carbocycles. The first-order chi connectivity index (χ1) is 9.81. The number of carbonyl (C=O) groups is 1. The molecule has 4 nitrogen and oxygen atoms in total. The highest BCUT2D eigenvalue weighted by Crippen LogP contribution is 2.24. The van der Waals surface area contributed by atoms with Gasteiger partial charge in [0, 0.05) is 10.9 Å². The lowest BCUT2D eigenvalue weighted by atomic mass is 10.3. The molecule has 3 heterocycles. The summed E-state index contributed by atoms with van der Waals surface area (Å²) < 4.78 is 5.68. The predicted octanol–water partition coefficient (Wildman–Crippen LogP) is 4.39. The molecule has 6 heteroatoms. The average Bonchev–Trinajstić information content (AvgIpc) is 3.18. The van der Waals surface area contributed by atoms with E-state index in [1.807, 2.05) is 46.5 Å². The molecule has 0 spiro atoms. The van der Waals surface area contributed by atoms with Crippen LogP contribution >= 0.6 is 22.7 Å². The molecule has 0 aromatic carbocycles. The number of thiophene rings is 2. The van der Waals surface area contributed by atoms with Crippen molar-refractivity contribution >= 4 is 33.7 Å². The Kier molecular flexibility index (Phi) is 3.85. The Morgan fingerprint density at radius 2 is 2.15 bits per heavy atom. The molecule has 20 heavy (non-hydrogen) atoms. The van der Waals surface area contributed by atoms with Gasteiger partial charge in [-0.25, -0.2) is 4.79 Å². The summed E-state index contributed by atoms with van der Waals surface area (Å²) in [5.41, 5.74) is 1.06. The standard InChI is InChI=1S/C14H12N2O2S2/c17-14(16-13-2-1-6-20-13)15-8-11-3-4-12(18-11)10-5-7-19-9-10/h1-7,9H,8H2,(H2,15,16,17). The topological polar surface area (TPSA) is 54.3 Å². The van der Waals surface area contributed by atoms with Gasteiger partial charge in [-0.3, -0.25) is 5.32 Å². The fourth-order valence-corrected chi connectivity index (χ4v) is 2.96. The Labute approximate surface area is 124 Å². The zero-order valence-corrected chi connectivity index (χ0v) is 12.1. The minimum absolute atomic E-state index is 0.235. The summed E-state index contributed by atoms with van der Waals surface area (Å²) in [6.07, 6.45) is 0. The first kappa shape index (κ1) is 13.0. The summed E-state index contributed by atoms with van der Waals surface area (Å²) in [6, 6.07) is 9.30. The molecule has 0 unspecified atom stereocenters. The van der Waals surface area contributed by atoms with Crippen LogP contribution in [0.3, 0.4) is 0 Å². The Balaban J connectivity index is 1.55. The maximum Gasteiger partial charge on any atom is 0.320 e. The largest absolute Gasteiger partial charge is 0.459 e. The zero-order chi connectivity index (χ0) is 13.8. The molecule has 0 fully saturated rings. The van der Waals surface area contributed by atoms with Crippen LogP contribution in [0, 0.1) is 0 Å². The highest BCUT2D eigenvalue weighted by Gasteiger charge is 2.07. The molecule has 0 aliphatic heterocycles. The van der Waals surface area contributed by atoms with Gasteiger partial charge in [0.05, 0.1) is 11.5 Å². The SMILES string of the molecule is O=C(NCc1ccc(-c2ccsc2)o1)Nc1cccs1. The van der Waals surface area contributed by atoms with Crippen molar-refractivity contribution in [2.24, 2.45) is 0 Å². The number of nitrogens with one attached hydrogen (secondary N) is 2. The minimum atomic E-state index is -0.235. The van der Waals surface area contributed by atoms with E-state index in [0.717, 1.165) is 22.1 Å². The quantitative estimate of drug-likeness (QED) is 0.751. The zero-order valence-electron chi connectivity index (χ0n) is 10.5. The molecule has 0 atom stereocenters. The summed E-state index contributed by atoms with van der Waals surface area (Å²) in [7, 11) is 0. The van der Waals surface area contributed by atoms with Crippen LogP contribution in [0.4, 0.5) is 9.80 Å². The molecule has 0 aliphatic rings. The van der Waals surface area contributed by atoms with E-state index in [2.05, 4.69) is 10.6 Å². The van der Waals surface area contributed by atoms with Crippen LogP contribution in [0.2, 0.25) is 0 Å². The molecular formula is C14H12N2O2S2. The third-order valence-corrected chi connectivity index (χ3v) is 4.12. The molecule has 0 aliphatic carbocycles. The average molecular weight is 304 g/mol. The molecule has 0 radical (unpaired) electrons. The van der Waals surface area contributed by atoms with Gasteiger partial charge in [0.1, 0.15) is 11.5 Å². The van der Waals surface area contributed by atoms with Gasteiger partial charge in [-0.2, -0.15) is 11.3 Å². The highest BCUT2D eigenvalue weighted by atomic mass is 32.1. The lowest BCUT2D eigenvalue weighted by Crippen LogP contribution is -2.27. The monoisotopic (exact) mass is 304 g/mol. The number of urea groups is 1. The van der Waals surface area contributed by atoms with Gasteiger partial charge in [-0.05, 0) is 41.1 Å². The van der Waals surface area contributed by atoms with Crippen LogP contribution in [0.25, 0.3) is 11.3 Å². The third kappa shape index (κ3) is 3.09. The Morgan fingerprint density at radius 3 is 2.90 bits per heavy atom. The lowest BCUT2D eigenvalue weighted by Gasteiger charge is -2.03. The van der Waals surface area contributed by atoms with E-state index in [4.69, 9.17) is 4.42 Å². The first-order valence-corrected chi connectivity index (χ1v) is 7.83. The van der Waals surface area contributed by atoms with Crippen molar-refractivity contribution in [3.63, 3.8) is 0 Å². The van der Waals surface area contributed by atoms with Crippen LogP contribution in [0.5, 0.6) is 0 Å². The van der Waals surface area contributed by atoms with Crippen molar-refractivity contribution in [2.45, 2.75) is 6.54 Å². The van der Waals surface area contributed by atoms with Crippen molar-refractivity contribution < 1.29 is 9.21 Å². The molecule has 0 bridgehead atoms. The van der Waals surface area contributed by atoms with E-state index < -0.39 is 0 Å². The predicted molar refractivity (Wildman–Crippen MR) is 82.2 cm³/mol. The van der Waals surface area contributed by atoms with Gasteiger partial charge in [-0.15, -0.1) is 11.3 Å². The van der Waals surface area contributed by atoms with Crippen LogP contribution in [-0.4, -0.2) is 6.03 Å². The molecule has 3 rings (SSSR count). The maximum absolute atomic E-state index is 11.7. The third-order valence-electron chi connectivity index (χ3n) is 2.65. The molecule has 2 amide bonds. The molecule has 3 aromatic rings. The highest BCUT2D eigenvalue weighted by molar-refractivity contribution is 7.14. The van der Waals surface area contributed by atoms with E-state index >= 15 is 0 Å². The Hall–Kier alpha value is -2.05.